The van der Waals surface area contributed by atoms with E-state index in [9.17, 15) is 9.59 Å². The van der Waals surface area contributed by atoms with Crippen LogP contribution < -0.4 is 10.5 Å². The number of ether oxygens (including phenoxy) is 2. The Kier molecular flexibility index (Phi) is 7.72. The largest absolute Gasteiger partial charge is 0.494 e. The molecule has 1 saturated heterocycles. The van der Waals surface area contributed by atoms with Gasteiger partial charge < -0.3 is 25.0 Å². The molecule has 26 heavy (non-hydrogen) atoms. The summed E-state index contributed by atoms with van der Waals surface area (Å²) in [4.78, 5) is 27.8. The van der Waals surface area contributed by atoms with Crippen molar-refractivity contribution in [3.05, 3.63) is 29.8 Å². The molecular formula is C19H29N3O4. The lowest BCUT2D eigenvalue weighted by molar-refractivity contribution is -0.138. The second-order valence-electron chi connectivity index (χ2n) is 6.45. The number of piperidine rings is 1. The van der Waals surface area contributed by atoms with Crippen molar-refractivity contribution in [1.82, 2.24) is 9.80 Å². The lowest BCUT2D eigenvalue weighted by atomic mass is 9.96. The number of likely N-dealkylation sites (tertiary alicyclic amines) is 1. The first-order valence-electron chi connectivity index (χ1n) is 9.09. The highest BCUT2D eigenvalue weighted by Crippen LogP contribution is 2.21. The van der Waals surface area contributed by atoms with Crippen molar-refractivity contribution < 1.29 is 19.1 Å². The van der Waals surface area contributed by atoms with Crippen LogP contribution in [0.15, 0.2) is 24.3 Å². The van der Waals surface area contributed by atoms with E-state index in [-0.39, 0.29) is 11.8 Å². The number of urea groups is 1. The van der Waals surface area contributed by atoms with Gasteiger partial charge in [-0.15, -0.1) is 0 Å². The van der Waals surface area contributed by atoms with Gasteiger partial charge in [-0.25, -0.2) is 4.79 Å². The summed E-state index contributed by atoms with van der Waals surface area (Å²) < 4.78 is 10.6. The van der Waals surface area contributed by atoms with Crippen molar-refractivity contribution in [2.45, 2.75) is 26.3 Å². The minimum absolute atomic E-state index is 0.0434. The van der Waals surface area contributed by atoms with Crippen LogP contribution in [0.3, 0.4) is 0 Å². The van der Waals surface area contributed by atoms with Crippen LogP contribution in [0.4, 0.5) is 4.79 Å². The standard InChI is InChI=1S/C19H29N3O4/c1-3-26-17-8-6-15(7-9-17)13-21(11-12-25-2)18(23)16-5-4-10-22(14-16)19(20)24/h6-9,16H,3-5,10-14H2,1-2H3,(H2,20,24)/t16-/m1/s1. The van der Waals surface area contributed by atoms with Gasteiger partial charge in [0.05, 0.1) is 19.1 Å². The van der Waals surface area contributed by atoms with Gasteiger partial charge in [0.2, 0.25) is 5.91 Å². The number of rotatable bonds is 8. The van der Waals surface area contributed by atoms with Gasteiger partial charge in [-0.05, 0) is 37.5 Å². The molecule has 1 aliphatic heterocycles. The SMILES string of the molecule is CCOc1ccc(CN(CCOC)C(=O)[C@@H]2CCCN(C(N)=O)C2)cc1. The Hall–Kier alpha value is -2.28. The normalized spacial score (nSPS) is 17.0. The second kappa shape index (κ2) is 10.0. The molecule has 1 aliphatic rings. The maximum atomic E-state index is 13.0. The smallest absolute Gasteiger partial charge is 0.314 e. The summed E-state index contributed by atoms with van der Waals surface area (Å²) in [5.41, 5.74) is 6.41. The van der Waals surface area contributed by atoms with E-state index in [1.165, 1.54) is 0 Å². The Morgan fingerprint density at radius 2 is 2.04 bits per heavy atom. The molecule has 0 spiro atoms. The first-order valence-corrected chi connectivity index (χ1v) is 9.09. The van der Waals surface area contributed by atoms with E-state index < -0.39 is 6.03 Å². The Labute approximate surface area is 155 Å². The van der Waals surface area contributed by atoms with Crippen molar-refractivity contribution in [3.8, 4) is 5.75 Å². The van der Waals surface area contributed by atoms with E-state index in [1.54, 1.807) is 16.9 Å². The zero-order valence-corrected chi connectivity index (χ0v) is 15.6. The topological polar surface area (TPSA) is 85.1 Å². The Bertz CT molecular complexity index is 591. The molecule has 7 nitrogen and oxygen atoms in total. The van der Waals surface area contributed by atoms with Gasteiger partial charge in [-0.2, -0.15) is 0 Å². The van der Waals surface area contributed by atoms with Crippen LogP contribution in [0.2, 0.25) is 0 Å². The van der Waals surface area contributed by atoms with Crippen molar-refractivity contribution in [2.24, 2.45) is 11.7 Å². The van der Waals surface area contributed by atoms with Gasteiger partial charge >= 0.3 is 6.03 Å². The number of hydrogen-bond acceptors (Lipinski definition) is 4. The lowest BCUT2D eigenvalue weighted by Crippen LogP contribution is -2.48. The highest BCUT2D eigenvalue weighted by Gasteiger charge is 2.30. The maximum absolute atomic E-state index is 13.0. The summed E-state index contributed by atoms with van der Waals surface area (Å²) in [6.07, 6.45) is 1.57. The first kappa shape index (κ1) is 20.0. The third-order valence-electron chi connectivity index (χ3n) is 4.57. The number of methoxy groups -OCH3 is 1. The maximum Gasteiger partial charge on any atom is 0.314 e. The Morgan fingerprint density at radius 3 is 2.65 bits per heavy atom. The first-order chi connectivity index (χ1) is 12.5. The summed E-state index contributed by atoms with van der Waals surface area (Å²) in [5, 5.41) is 0. The predicted molar refractivity (Wildman–Crippen MR) is 98.8 cm³/mol. The van der Waals surface area contributed by atoms with Crippen LogP contribution in [0, 0.1) is 5.92 Å². The van der Waals surface area contributed by atoms with Gasteiger partial charge in [-0.3, -0.25) is 4.79 Å². The number of carbonyl (C=O) groups is 2. The molecule has 0 radical (unpaired) electrons. The van der Waals surface area contributed by atoms with E-state index >= 15 is 0 Å². The number of hydrogen-bond donors (Lipinski definition) is 1. The third-order valence-corrected chi connectivity index (χ3v) is 4.57. The van der Waals surface area contributed by atoms with Crippen LogP contribution in [-0.4, -0.2) is 61.7 Å². The minimum Gasteiger partial charge on any atom is -0.494 e. The summed E-state index contributed by atoms with van der Waals surface area (Å²) in [7, 11) is 1.62. The molecule has 144 valence electrons. The highest BCUT2D eigenvalue weighted by molar-refractivity contribution is 5.80. The molecule has 1 heterocycles. The molecule has 0 unspecified atom stereocenters. The summed E-state index contributed by atoms with van der Waals surface area (Å²) in [6, 6.07) is 7.29. The van der Waals surface area contributed by atoms with Gasteiger partial charge in [0.25, 0.3) is 0 Å². The molecule has 0 aliphatic carbocycles. The molecule has 0 aromatic heterocycles. The van der Waals surface area contributed by atoms with E-state index in [2.05, 4.69) is 0 Å². The minimum atomic E-state index is -0.461. The van der Waals surface area contributed by atoms with Gasteiger partial charge in [0, 0.05) is 33.3 Å². The van der Waals surface area contributed by atoms with Crippen LogP contribution in [0.5, 0.6) is 5.75 Å². The van der Waals surface area contributed by atoms with Crippen molar-refractivity contribution >= 4 is 11.9 Å². The fourth-order valence-electron chi connectivity index (χ4n) is 3.18. The summed E-state index contributed by atoms with van der Waals surface area (Å²) in [6.45, 7) is 5.05. The van der Waals surface area contributed by atoms with Crippen molar-refractivity contribution in [3.63, 3.8) is 0 Å². The zero-order valence-electron chi connectivity index (χ0n) is 15.6. The second-order valence-corrected chi connectivity index (χ2v) is 6.45. The quantitative estimate of drug-likeness (QED) is 0.764. The van der Waals surface area contributed by atoms with Crippen molar-refractivity contribution in [2.75, 3.05) is 40.0 Å². The molecule has 1 fully saturated rings. The van der Waals surface area contributed by atoms with Gasteiger partial charge in [0.1, 0.15) is 5.75 Å². The molecular weight excluding hydrogens is 334 g/mol. The predicted octanol–water partition coefficient (Wildman–Crippen LogP) is 1.85. The molecule has 0 bridgehead atoms. The van der Waals surface area contributed by atoms with E-state index in [0.717, 1.165) is 24.2 Å². The van der Waals surface area contributed by atoms with Crippen LogP contribution in [0.1, 0.15) is 25.3 Å². The number of primary amides is 1. The number of amides is 3. The molecule has 2 N–H and O–H groups in total. The summed E-state index contributed by atoms with van der Waals surface area (Å²) in [5.74, 6) is 0.646. The fourth-order valence-corrected chi connectivity index (χ4v) is 3.18. The number of benzene rings is 1. The average molecular weight is 363 g/mol. The number of nitrogens with zero attached hydrogens (tertiary/aromatic N) is 2. The monoisotopic (exact) mass is 363 g/mol. The molecule has 1 atom stereocenters. The number of nitrogens with two attached hydrogens (primary N) is 1. The highest BCUT2D eigenvalue weighted by atomic mass is 16.5. The third kappa shape index (κ3) is 5.62. The molecule has 0 saturated carbocycles. The molecule has 2 rings (SSSR count). The summed E-state index contributed by atoms with van der Waals surface area (Å²) >= 11 is 0. The Balaban J connectivity index is 2.05. The Morgan fingerprint density at radius 1 is 1.31 bits per heavy atom. The average Bonchev–Trinajstić information content (AvgIpc) is 2.66. The molecule has 7 heteroatoms. The van der Waals surface area contributed by atoms with E-state index in [0.29, 0.717) is 39.4 Å². The molecule has 1 aromatic carbocycles. The molecule has 3 amide bonds. The van der Waals surface area contributed by atoms with Crippen LogP contribution in [0.25, 0.3) is 0 Å². The zero-order chi connectivity index (χ0) is 18.9. The van der Waals surface area contributed by atoms with Crippen molar-refractivity contribution in [1.29, 1.82) is 0 Å². The van der Waals surface area contributed by atoms with Gasteiger partial charge in [0.15, 0.2) is 0 Å². The number of carbonyl (C=O) groups excluding carboxylic acids is 2. The lowest BCUT2D eigenvalue weighted by Gasteiger charge is -2.34. The van der Waals surface area contributed by atoms with Gasteiger partial charge in [-0.1, -0.05) is 12.1 Å². The van der Waals surface area contributed by atoms with Crippen LogP contribution in [-0.2, 0) is 16.1 Å². The molecule has 1 aromatic rings. The van der Waals surface area contributed by atoms with E-state index in [1.807, 2.05) is 31.2 Å². The van der Waals surface area contributed by atoms with E-state index in [4.69, 9.17) is 15.2 Å². The fraction of sp³-hybridized carbons (Fsp3) is 0.579. The van der Waals surface area contributed by atoms with Crippen LogP contribution >= 0.6 is 0 Å².